The lowest BCUT2D eigenvalue weighted by molar-refractivity contribution is -0.126. The zero-order valence-corrected chi connectivity index (χ0v) is 11.5. The number of aliphatic hydroxyl groups is 2. The van der Waals surface area contributed by atoms with Gasteiger partial charge >= 0.3 is 0 Å². The van der Waals surface area contributed by atoms with Gasteiger partial charge in [-0.05, 0) is 19.1 Å². The molecule has 3 heterocycles. The summed E-state index contributed by atoms with van der Waals surface area (Å²) in [4.78, 5) is 18.0. The highest BCUT2D eigenvalue weighted by molar-refractivity contribution is 8.04. The largest absolute Gasteiger partial charge is 0.480 e. The van der Waals surface area contributed by atoms with Crippen molar-refractivity contribution in [3.63, 3.8) is 0 Å². The molecule has 1 saturated heterocycles. The molecule has 0 saturated carbocycles. The molecule has 20 heavy (non-hydrogen) atoms. The van der Waals surface area contributed by atoms with Gasteiger partial charge in [-0.25, -0.2) is 4.98 Å². The van der Waals surface area contributed by atoms with Gasteiger partial charge in [-0.2, -0.15) is 0 Å². The Labute approximate surface area is 119 Å². The highest BCUT2D eigenvalue weighted by Crippen LogP contribution is 2.45. The Hall–Kier alpha value is -2.15. The average Bonchev–Trinajstić information content (AvgIpc) is 2.99. The molecule has 1 aliphatic rings. The summed E-state index contributed by atoms with van der Waals surface area (Å²) in [5, 5.41) is 18.1. The van der Waals surface area contributed by atoms with Gasteiger partial charge in [0.15, 0.2) is 4.91 Å². The summed E-state index contributed by atoms with van der Waals surface area (Å²) < 4.78 is 1.89. The number of aromatic nitrogens is 2. The highest BCUT2D eigenvalue weighted by Gasteiger charge is 2.40. The van der Waals surface area contributed by atoms with E-state index in [2.05, 4.69) is 4.98 Å². The summed E-state index contributed by atoms with van der Waals surface area (Å²) in [6.07, 6.45) is 3.58. The fourth-order valence-electron chi connectivity index (χ4n) is 2.28. The molecule has 0 spiro atoms. The first-order valence-corrected chi connectivity index (χ1v) is 7.03. The quantitative estimate of drug-likeness (QED) is 0.655. The summed E-state index contributed by atoms with van der Waals surface area (Å²) in [5.41, 5.74) is 1.62. The van der Waals surface area contributed by atoms with E-state index in [0.29, 0.717) is 6.54 Å². The molecule has 2 aromatic rings. The maximum absolute atomic E-state index is 12.1. The minimum absolute atomic E-state index is 0.0252. The van der Waals surface area contributed by atoms with E-state index >= 15 is 0 Å². The second-order valence-electron chi connectivity index (χ2n) is 4.33. The van der Waals surface area contributed by atoms with Crippen molar-refractivity contribution < 1.29 is 15.0 Å². The number of amides is 1. The van der Waals surface area contributed by atoms with E-state index in [9.17, 15) is 15.0 Å². The number of nitrogens with zero attached hydrogens (tertiary/aromatic N) is 3. The first-order chi connectivity index (χ1) is 9.63. The van der Waals surface area contributed by atoms with Crippen LogP contribution in [0.5, 0.6) is 0 Å². The molecule has 6 nitrogen and oxygen atoms in total. The van der Waals surface area contributed by atoms with Crippen LogP contribution >= 0.6 is 11.8 Å². The molecule has 1 atom stereocenters. The van der Waals surface area contributed by atoms with E-state index in [1.54, 1.807) is 11.1 Å². The second-order valence-corrected chi connectivity index (χ2v) is 5.42. The predicted octanol–water partition coefficient (Wildman–Crippen LogP) is 2.21. The number of pyridine rings is 1. The number of imidazole rings is 1. The van der Waals surface area contributed by atoms with E-state index in [1.807, 2.05) is 35.7 Å². The van der Waals surface area contributed by atoms with Gasteiger partial charge in [0.25, 0.3) is 11.9 Å². The topological polar surface area (TPSA) is 78.1 Å². The number of carbonyl (C=O) groups is 1. The van der Waals surface area contributed by atoms with Crippen molar-refractivity contribution >= 4 is 23.3 Å². The maximum atomic E-state index is 12.1. The zero-order valence-electron chi connectivity index (χ0n) is 10.7. The average molecular weight is 291 g/mol. The first kappa shape index (κ1) is 12.9. The number of rotatable bonds is 2. The Bertz CT molecular complexity index is 706. The number of likely N-dealkylation sites (N-methyl/N-ethyl adjacent to an activating group) is 1. The summed E-state index contributed by atoms with van der Waals surface area (Å²) in [7, 11) is 0. The van der Waals surface area contributed by atoms with Gasteiger partial charge in [0.2, 0.25) is 0 Å². The highest BCUT2D eigenvalue weighted by atomic mass is 32.2. The van der Waals surface area contributed by atoms with Crippen molar-refractivity contribution in [3.8, 4) is 0 Å². The lowest BCUT2D eigenvalue weighted by Crippen LogP contribution is -2.28. The molecule has 0 bridgehead atoms. The molecule has 1 amide bonds. The molecule has 2 aromatic heterocycles. The molecule has 1 unspecified atom stereocenters. The third-order valence-corrected chi connectivity index (χ3v) is 4.52. The monoisotopic (exact) mass is 291 g/mol. The van der Waals surface area contributed by atoms with E-state index < -0.39 is 5.95 Å². The molecule has 2 N–H and O–H groups in total. The number of hydrogen-bond donors (Lipinski definition) is 2. The minimum atomic E-state index is -0.922. The molecule has 7 heteroatoms. The number of carbonyl (C=O) groups excluding carboxylic acids is 1. The van der Waals surface area contributed by atoms with Crippen molar-refractivity contribution in [1.82, 2.24) is 14.3 Å². The van der Waals surface area contributed by atoms with Gasteiger partial charge in [-0.3, -0.25) is 4.79 Å². The van der Waals surface area contributed by atoms with Gasteiger partial charge in [0, 0.05) is 12.7 Å². The predicted molar refractivity (Wildman–Crippen MR) is 75.2 cm³/mol. The van der Waals surface area contributed by atoms with Crippen LogP contribution in [0.25, 0.3) is 5.65 Å². The van der Waals surface area contributed by atoms with Gasteiger partial charge in [0.05, 0.1) is 11.9 Å². The third kappa shape index (κ3) is 1.82. The Kier molecular flexibility index (Phi) is 3.06. The van der Waals surface area contributed by atoms with E-state index in [0.717, 1.165) is 23.1 Å². The molecule has 0 aromatic carbocycles. The molecule has 1 fully saturated rings. The van der Waals surface area contributed by atoms with Gasteiger partial charge < -0.3 is 19.5 Å². The molecule has 0 radical (unpaired) electrons. The Morgan fingerprint density at radius 2 is 2.25 bits per heavy atom. The first-order valence-electron chi connectivity index (χ1n) is 6.15. The maximum Gasteiger partial charge on any atom is 0.294 e. The zero-order chi connectivity index (χ0) is 14.3. The van der Waals surface area contributed by atoms with Crippen molar-refractivity contribution in [2.75, 3.05) is 6.54 Å². The summed E-state index contributed by atoms with van der Waals surface area (Å²) >= 11 is 1.13. The summed E-state index contributed by atoms with van der Waals surface area (Å²) in [6, 6.07) is 5.65. The van der Waals surface area contributed by atoms with Gasteiger partial charge in [-0.15, -0.1) is 0 Å². The Balaban J connectivity index is 2.10. The van der Waals surface area contributed by atoms with Crippen molar-refractivity contribution in [2.24, 2.45) is 0 Å². The normalized spacial score (nSPS) is 19.1. The van der Waals surface area contributed by atoms with Crippen LogP contribution in [0.3, 0.4) is 0 Å². The van der Waals surface area contributed by atoms with Crippen molar-refractivity contribution in [2.45, 2.75) is 12.3 Å². The lowest BCUT2D eigenvalue weighted by atomic mass is 10.3. The minimum Gasteiger partial charge on any atom is -0.480 e. The fourth-order valence-corrected chi connectivity index (χ4v) is 3.49. The van der Waals surface area contributed by atoms with Crippen LogP contribution in [-0.2, 0) is 4.79 Å². The number of aliphatic hydroxyl groups excluding tert-OH is 1. The smallest absolute Gasteiger partial charge is 0.294 e. The number of fused-ring (bicyclic) bond motifs is 1. The van der Waals surface area contributed by atoms with Crippen LogP contribution in [-0.4, -0.2) is 36.9 Å². The van der Waals surface area contributed by atoms with Crippen molar-refractivity contribution in [3.05, 3.63) is 47.1 Å². The third-order valence-electron chi connectivity index (χ3n) is 3.21. The molecular weight excluding hydrogens is 278 g/mol. The van der Waals surface area contributed by atoms with E-state index in [-0.39, 0.29) is 16.2 Å². The summed E-state index contributed by atoms with van der Waals surface area (Å²) in [5.74, 6) is -1.29. The van der Waals surface area contributed by atoms with Gasteiger partial charge in [0.1, 0.15) is 11.0 Å². The Morgan fingerprint density at radius 3 is 2.95 bits per heavy atom. The van der Waals surface area contributed by atoms with Gasteiger partial charge in [-0.1, -0.05) is 17.8 Å². The van der Waals surface area contributed by atoms with Crippen molar-refractivity contribution in [1.29, 1.82) is 0 Å². The second kappa shape index (κ2) is 4.75. The number of thioether (sulfide) groups is 1. The fraction of sp³-hybridized carbons (Fsp3) is 0.231. The van der Waals surface area contributed by atoms with Crippen LogP contribution in [0.1, 0.15) is 18.0 Å². The van der Waals surface area contributed by atoms with Crippen LogP contribution < -0.4 is 0 Å². The van der Waals surface area contributed by atoms with Crippen LogP contribution in [0.15, 0.2) is 41.4 Å². The van der Waals surface area contributed by atoms with Crippen LogP contribution in [0.4, 0.5) is 0 Å². The summed E-state index contributed by atoms with van der Waals surface area (Å²) in [6.45, 7) is 2.33. The lowest BCUT2D eigenvalue weighted by Gasteiger charge is -2.20. The molecule has 1 aliphatic heterocycles. The van der Waals surface area contributed by atoms with Crippen LogP contribution in [0.2, 0.25) is 0 Å². The van der Waals surface area contributed by atoms with Crippen LogP contribution in [0, 0.1) is 0 Å². The Morgan fingerprint density at radius 1 is 1.45 bits per heavy atom. The molecular formula is C13H13N3O3S. The van der Waals surface area contributed by atoms with E-state index in [4.69, 9.17) is 0 Å². The molecule has 3 rings (SSSR count). The molecule has 104 valence electrons. The standard InChI is InChI=1S/C13H13N3O3S/c1-2-15-11(17)10(13(18)19)20-12(15)8-7-14-9-5-3-4-6-16(8)9/h3-7,12,18-19H,2H2,1H3. The SMILES string of the molecule is CCN1C(=O)C(=C(O)O)SC1c1cnc2ccccn12. The number of hydrogen-bond acceptors (Lipinski definition) is 5. The molecule has 0 aliphatic carbocycles. The van der Waals surface area contributed by atoms with E-state index in [1.165, 1.54) is 0 Å².